The Morgan fingerprint density at radius 1 is 1.30 bits per heavy atom. The van der Waals surface area contributed by atoms with Gasteiger partial charge < -0.3 is 14.2 Å². The number of carbonyl (C=O) groups excluding carboxylic acids is 2. The molecule has 0 unspecified atom stereocenters. The van der Waals surface area contributed by atoms with Gasteiger partial charge in [0.1, 0.15) is 23.7 Å². The number of benzene rings is 1. The maximum absolute atomic E-state index is 11.6. The van der Waals surface area contributed by atoms with Gasteiger partial charge in [0.05, 0.1) is 12.7 Å². The van der Waals surface area contributed by atoms with Crippen molar-refractivity contribution >= 4 is 11.9 Å². The number of cyclic esters (lactones) is 2. The highest BCUT2D eigenvalue weighted by Crippen LogP contribution is 2.38. The van der Waals surface area contributed by atoms with Crippen LogP contribution in [-0.2, 0) is 4.74 Å². The minimum absolute atomic E-state index is 0.171. The van der Waals surface area contributed by atoms with E-state index in [0.29, 0.717) is 23.7 Å². The van der Waals surface area contributed by atoms with Crippen LogP contribution in [0.1, 0.15) is 40.1 Å². The van der Waals surface area contributed by atoms with Crippen LogP contribution in [0, 0.1) is 6.92 Å². The lowest BCUT2D eigenvalue weighted by molar-refractivity contribution is 0.0442. The molecule has 20 heavy (non-hydrogen) atoms. The third-order valence-corrected chi connectivity index (χ3v) is 3.03. The van der Waals surface area contributed by atoms with Gasteiger partial charge in [0.2, 0.25) is 0 Å². The second-order valence-corrected chi connectivity index (χ2v) is 4.72. The second kappa shape index (κ2) is 5.36. The van der Waals surface area contributed by atoms with Crippen molar-refractivity contribution in [1.82, 2.24) is 0 Å². The number of allylic oxidation sites excluding steroid dienone is 1. The first-order valence-corrected chi connectivity index (χ1v) is 6.20. The summed E-state index contributed by atoms with van der Waals surface area (Å²) >= 11 is 0. The van der Waals surface area contributed by atoms with Crippen LogP contribution in [0.25, 0.3) is 0 Å². The molecule has 0 aromatic heterocycles. The van der Waals surface area contributed by atoms with Crippen molar-refractivity contribution in [2.45, 2.75) is 20.8 Å². The highest BCUT2D eigenvalue weighted by Gasteiger charge is 2.35. The molecule has 0 aliphatic carbocycles. The van der Waals surface area contributed by atoms with Crippen LogP contribution in [-0.4, -0.2) is 25.7 Å². The number of esters is 2. The summed E-state index contributed by atoms with van der Waals surface area (Å²) in [7, 11) is 1.44. The van der Waals surface area contributed by atoms with E-state index in [2.05, 4.69) is 4.74 Å². The van der Waals surface area contributed by atoms with Crippen LogP contribution in [0.15, 0.2) is 17.7 Å². The van der Waals surface area contributed by atoms with Crippen LogP contribution < -0.4 is 9.47 Å². The molecule has 5 heteroatoms. The minimum Gasteiger partial charge on any atom is -0.495 e. The Balaban J connectivity index is 2.45. The number of hydrogen-bond acceptors (Lipinski definition) is 5. The van der Waals surface area contributed by atoms with E-state index in [1.54, 1.807) is 6.92 Å². The lowest BCUT2D eigenvalue weighted by Crippen LogP contribution is -2.04. The zero-order chi connectivity index (χ0) is 14.9. The molecule has 0 radical (unpaired) electrons. The molecule has 1 aliphatic rings. The average molecular weight is 276 g/mol. The zero-order valence-electron chi connectivity index (χ0n) is 11.9. The van der Waals surface area contributed by atoms with Crippen LogP contribution in [0.2, 0.25) is 0 Å². The van der Waals surface area contributed by atoms with Gasteiger partial charge in [-0.1, -0.05) is 5.57 Å². The number of rotatable bonds is 4. The van der Waals surface area contributed by atoms with E-state index >= 15 is 0 Å². The molecule has 1 heterocycles. The highest BCUT2D eigenvalue weighted by molar-refractivity contribution is 6.16. The van der Waals surface area contributed by atoms with Crippen molar-refractivity contribution < 1.29 is 23.8 Å². The molecule has 1 aliphatic heterocycles. The van der Waals surface area contributed by atoms with E-state index in [1.165, 1.54) is 13.2 Å². The molecule has 0 fully saturated rings. The molecule has 0 saturated heterocycles. The van der Waals surface area contributed by atoms with Gasteiger partial charge in [0.25, 0.3) is 0 Å². The first kappa shape index (κ1) is 14.1. The van der Waals surface area contributed by atoms with Gasteiger partial charge in [-0.15, -0.1) is 0 Å². The summed E-state index contributed by atoms with van der Waals surface area (Å²) in [6.07, 6.45) is 1.92. The number of methoxy groups -OCH3 is 1. The summed E-state index contributed by atoms with van der Waals surface area (Å²) in [6.45, 7) is 6.09. The number of hydrogen-bond donors (Lipinski definition) is 0. The Bertz CT molecular complexity index is 609. The molecule has 0 amide bonds. The minimum atomic E-state index is -0.680. The molecule has 0 saturated carbocycles. The lowest BCUT2D eigenvalue weighted by Gasteiger charge is -2.13. The van der Waals surface area contributed by atoms with Crippen molar-refractivity contribution in [3.63, 3.8) is 0 Å². The van der Waals surface area contributed by atoms with Gasteiger partial charge in [-0.3, -0.25) is 0 Å². The normalized spacial score (nSPS) is 12.8. The van der Waals surface area contributed by atoms with Gasteiger partial charge in [-0.25, -0.2) is 9.59 Å². The fraction of sp³-hybridized carbons (Fsp3) is 0.333. The standard InChI is InChI=1S/C15H16O5/c1-8(2)5-6-19-11-7-10-12(13(18-4)9(11)3)15(17)20-14(10)16/h5,7H,6H2,1-4H3. The predicted octanol–water partition coefficient (Wildman–Crippen LogP) is 2.66. The third-order valence-electron chi connectivity index (χ3n) is 3.03. The quantitative estimate of drug-likeness (QED) is 0.480. The molecule has 5 nitrogen and oxygen atoms in total. The van der Waals surface area contributed by atoms with E-state index in [0.717, 1.165) is 5.57 Å². The van der Waals surface area contributed by atoms with E-state index in [-0.39, 0.29) is 11.1 Å². The predicted molar refractivity (Wildman–Crippen MR) is 72.4 cm³/mol. The lowest BCUT2D eigenvalue weighted by atomic mass is 10.0. The van der Waals surface area contributed by atoms with Crippen molar-refractivity contribution in [1.29, 1.82) is 0 Å². The Morgan fingerprint density at radius 2 is 2.00 bits per heavy atom. The van der Waals surface area contributed by atoms with Gasteiger partial charge in [-0.05, 0) is 32.9 Å². The number of fused-ring (bicyclic) bond motifs is 1. The van der Waals surface area contributed by atoms with Gasteiger partial charge >= 0.3 is 11.9 Å². The number of carbonyl (C=O) groups is 2. The van der Waals surface area contributed by atoms with E-state index < -0.39 is 11.9 Å². The summed E-state index contributed by atoms with van der Waals surface area (Å²) in [5, 5.41) is 0. The van der Waals surface area contributed by atoms with Crippen LogP contribution >= 0.6 is 0 Å². The Hall–Kier alpha value is -2.30. The topological polar surface area (TPSA) is 61.8 Å². The van der Waals surface area contributed by atoms with Crippen LogP contribution in [0.4, 0.5) is 0 Å². The average Bonchev–Trinajstić information content (AvgIpc) is 2.65. The largest absolute Gasteiger partial charge is 0.495 e. The zero-order valence-corrected chi connectivity index (χ0v) is 11.9. The van der Waals surface area contributed by atoms with E-state index in [4.69, 9.17) is 9.47 Å². The Kier molecular flexibility index (Phi) is 3.79. The summed E-state index contributed by atoms with van der Waals surface area (Å²) in [5.74, 6) is -0.522. The molecule has 0 bridgehead atoms. The van der Waals surface area contributed by atoms with Crippen molar-refractivity contribution in [3.8, 4) is 11.5 Å². The first-order chi connectivity index (χ1) is 9.45. The molecule has 0 atom stereocenters. The molecular formula is C15H16O5. The monoisotopic (exact) mass is 276 g/mol. The molecule has 106 valence electrons. The van der Waals surface area contributed by atoms with Crippen LogP contribution in [0.5, 0.6) is 11.5 Å². The number of ether oxygens (including phenoxy) is 3. The second-order valence-electron chi connectivity index (χ2n) is 4.72. The molecule has 1 aromatic rings. The molecule has 0 spiro atoms. The van der Waals surface area contributed by atoms with Gasteiger partial charge in [0.15, 0.2) is 0 Å². The molecule has 0 N–H and O–H groups in total. The Morgan fingerprint density at radius 3 is 2.60 bits per heavy atom. The van der Waals surface area contributed by atoms with Crippen molar-refractivity contribution in [2.75, 3.05) is 13.7 Å². The fourth-order valence-corrected chi connectivity index (χ4v) is 1.99. The maximum atomic E-state index is 11.6. The van der Waals surface area contributed by atoms with Gasteiger partial charge in [0, 0.05) is 5.56 Å². The fourth-order valence-electron chi connectivity index (χ4n) is 1.99. The Labute approximate surface area is 117 Å². The molecule has 1 aromatic carbocycles. The summed E-state index contributed by atoms with van der Waals surface area (Å²) in [4.78, 5) is 23.3. The van der Waals surface area contributed by atoms with Crippen LogP contribution in [0.3, 0.4) is 0 Å². The van der Waals surface area contributed by atoms with Crippen molar-refractivity contribution in [3.05, 3.63) is 34.4 Å². The summed E-state index contributed by atoms with van der Waals surface area (Å²) in [6, 6.07) is 1.53. The molecule has 2 rings (SSSR count). The van der Waals surface area contributed by atoms with Gasteiger partial charge in [-0.2, -0.15) is 0 Å². The van der Waals surface area contributed by atoms with E-state index in [1.807, 2.05) is 19.9 Å². The summed E-state index contributed by atoms with van der Waals surface area (Å²) in [5.41, 5.74) is 2.15. The maximum Gasteiger partial charge on any atom is 0.350 e. The highest BCUT2D eigenvalue weighted by atomic mass is 16.6. The third kappa shape index (κ3) is 2.39. The SMILES string of the molecule is COc1c(C)c(OCC=C(C)C)cc2c1C(=O)OC2=O. The first-order valence-electron chi connectivity index (χ1n) is 6.20. The smallest absolute Gasteiger partial charge is 0.350 e. The molecular weight excluding hydrogens is 260 g/mol. The van der Waals surface area contributed by atoms with E-state index in [9.17, 15) is 9.59 Å². The summed E-state index contributed by atoms with van der Waals surface area (Å²) < 4.78 is 15.5. The van der Waals surface area contributed by atoms with Crippen molar-refractivity contribution in [2.24, 2.45) is 0 Å².